The molecule has 0 bridgehead atoms. The van der Waals surface area contributed by atoms with Crippen LogP contribution in [-0.4, -0.2) is 12.0 Å². The van der Waals surface area contributed by atoms with Gasteiger partial charge in [-0.2, -0.15) is 5.26 Å². The molecule has 3 rings (SSSR count). The number of hydrogen-bond acceptors (Lipinski definition) is 4. The first-order valence-electron chi connectivity index (χ1n) is 7.56. The number of nitriles is 1. The molecule has 0 spiro atoms. The van der Waals surface area contributed by atoms with Crippen LogP contribution in [-0.2, 0) is 0 Å². The van der Waals surface area contributed by atoms with Crippen LogP contribution >= 0.6 is 0 Å². The average molecular weight is 330 g/mol. The average Bonchev–Trinajstić information content (AvgIpc) is 2.66. The Hall–Kier alpha value is -3.65. The minimum Gasteiger partial charge on any atom is -0.496 e. The Kier molecular flexibility index (Phi) is 4.44. The van der Waals surface area contributed by atoms with E-state index in [4.69, 9.17) is 4.74 Å². The predicted molar refractivity (Wildman–Crippen MR) is 97.1 cm³/mol. The maximum absolute atomic E-state index is 10.8. The molecule has 0 fully saturated rings. The van der Waals surface area contributed by atoms with E-state index in [1.54, 1.807) is 25.3 Å². The second-order valence-corrected chi connectivity index (χ2v) is 5.38. The normalized spacial score (nSPS) is 11.1. The molecule has 0 unspecified atom stereocenters. The van der Waals surface area contributed by atoms with Gasteiger partial charge in [-0.05, 0) is 40.8 Å². The summed E-state index contributed by atoms with van der Waals surface area (Å²) in [4.78, 5) is 10.3. The molecule has 0 N–H and O–H groups in total. The fraction of sp³-hybridized carbons (Fsp3) is 0.0500. The molecule has 3 aromatic carbocycles. The highest BCUT2D eigenvalue weighted by Gasteiger charge is 2.09. The molecule has 5 heteroatoms. The fourth-order valence-electron chi connectivity index (χ4n) is 2.70. The van der Waals surface area contributed by atoms with Gasteiger partial charge in [-0.25, -0.2) is 0 Å². The van der Waals surface area contributed by atoms with E-state index in [0.29, 0.717) is 11.1 Å². The van der Waals surface area contributed by atoms with Crippen molar-refractivity contribution < 1.29 is 9.66 Å². The van der Waals surface area contributed by atoms with Crippen molar-refractivity contribution in [1.82, 2.24) is 0 Å². The van der Waals surface area contributed by atoms with Gasteiger partial charge in [-0.1, -0.05) is 30.3 Å². The van der Waals surface area contributed by atoms with Crippen molar-refractivity contribution in [2.45, 2.75) is 0 Å². The smallest absolute Gasteiger partial charge is 0.269 e. The van der Waals surface area contributed by atoms with Crippen molar-refractivity contribution in [2.24, 2.45) is 0 Å². The molecule has 0 amide bonds. The van der Waals surface area contributed by atoms with Crippen molar-refractivity contribution in [3.05, 3.63) is 81.9 Å². The zero-order valence-electron chi connectivity index (χ0n) is 13.5. The lowest BCUT2D eigenvalue weighted by atomic mass is 9.99. The van der Waals surface area contributed by atoms with Gasteiger partial charge in [-0.3, -0.25) is 10.1 Å². The first-order valence-corrected chi connectivity index (χ1v) is 7.56. The molecule has 0 aromatic heterocycles. The highest BCUT2D eigenvalue weighted by molar-refractivity contribution is 6.00. The number of fused-ring (bicyclic) bond motifs is 1. The summed E-state index contributed by atoms with van der Waals surface area (Å²) in [5.41, 5.74) is 1.94. The summed E-state index contributed by atoms with van der Waals surface area (Å²) in [5.74, 6) is 0.765. The number of ether oxygens (including phenoxy) is 1. The Morgan fingerprint density at radius 1 is 1.08 bits per heavy atom. The van der Waals surface area contributed by atoms with E-state index in [0.717, 1.165) is 22.1 Å². The van der Waals surface area contributed by atoms with Crippen molar-refractivity contribution >= 4 is 28.1 Å². The summed E-state index contributed by atoms with van der Waals surface area (Å²) in [7, 11) is 1.62. The molecule has 0 atom stereocenters. The molecule has 5 nitrogen and oxygen atoms in total. The zero-order valence-corrected chi connectivity index (χ0v) is 13.5. The maximum atomic E-state index is 10.8. The first kappa shape index (κ1) is 16.2. The molecule has 0 radical (unpaired) electrons. The van der Waals surface area contributed by atoms with Crippen LogP contribution in [0.3, 0.4) is 0 Å². The van der Waals surface area contributed by atoms with Gasteiger partial charge in [-0.15, -0.1) is 0 Å². The Morgan fingerprint density at radius 3 is 2.36 bits per heavy atom. The Balaban J connectivity index is 2.11. The minimum atomic E-state index is -0.462. The number of nitrogens with zero attached hydrogens (tertiary/aromatic N) is 2. The summed E-state index contributed by atoms with van der Waals surface area (Å²) in [6.45, 7) is 0. The summed E-state index contributed by atoms with van der Waals surface area (Å²) in [6.07, 6.45) is 1.78. The number of benzene rings is 3. The van der Waals surface area contributed by atoms with E-state index in [-0.39, 0.29) is 5.69 Å². The second kappa shape index (κ2) is 6.85. The molecule has 0 aliphatic heterocycles. The van der Waals surface area contributed by atoms with Gasteiger partial charge in [0, 0.05) is 17.5 Å². The van der Waals surface area contributed by atoms with E-state index in [1.165, 1.54) is 12.1 Å². The van der Waals surface area contributed by atoms with E-state index in [9.17, 15) is 15.4 Å². The third-order valence-corrected chi connectivity index (χ3v) is 3.95. The van der Waals surface area contributed by atoms with Crippen LogP contribution in [0.2, 0.25) is 0 Å². The molecule has 0 saturated carbocycles. The highest BCUT2D eigenvalue weighted by atomic mass is 16.6. The Morgan fingerprint density at radius 2 is 1.76 bits per heavy atom. The molecule has 0 saturated heterocycles. The first-order chi connectivity index (χ1) is 12.1. The number of allylic oxidation sites excluding steroid dienone is 1. The highest BCUT2D eigenvalue weighted by Crippen LogP contribution is 2.31. The third-order valence-electron chi connectivity index (χ3n) is 3.95. The predicted octanol–water partition coefficient (Wildman–Crippen LogP) is 4.82. The van der Waals surface area contributed by atoms with Gasteiger partial charge in [0.1, 0.15) is 5.75 Å². The van der Waals surface area contributed by atoms with E-state index in [2.05, 4.69) is 6.07 Å². The van der Waals surface area contributed by atoms with Crippen molar-refractivity contribution in [3.63, 3.8) is 0 Å². The lowest BCUT2D eigenvalue weighted by Gasteiger charge is -2.08. The van der Waals surface area contributed by atoms with Crippen LogP contribution in [0.4, 0.5) is 5.69 Å². The minimum absolute atomic E-state index is 0.00376. The number of rotatable bonds is 4. The van der Waals surface area contributed by atoms with Gasteiger partial charge in [0.05, 0.1) is 23.7 Å². The SMILES string of the molecule is COc1ccc(/C=C(\C#N)c2ccc([N+](=O)[O-])cc2)c2ccccc12. The van der Waals surface area contributed by atoms with Crippen molar-refractivity contribution in [3.8, 4) is 11.8 Å². The molecular weight excluding hydrogens is 316 g/mol. The summed E-state index contributed by atoms with van der Waals surface area (Å²) < 4.78 is 5.38. The lowest BCUT2D eigenvalue weighted by molar-refractivity contribution is -0.384. The monoisotopic (exact) mass is 330 g/mol. The Labute approximate surface area is 144 Å². The van der Waals surface area contributed by atoms with E-state index >= 15 is 0 Å². The number of nitro groups is 1. The van der Waals surface area contributed by atoms with Crippen LogP contribution in [0.1, 0.15) is 11.1 Å². The van der Waals surface area contributed by atoms with Crippen LogP contribution in [0.5, 0.6) is 5.75 Å². The van der Waals surface area contributed by atoms with Gasteiger partial charge >= 0.3 is 0 Å². The maximum Gasteiger partial charge on any atom is 0.269 e. The van der Waals surface area contributed by atoms with E-state index in [1.807, 2.05) is 36.4 Å². The molecular formula is C20H14N2O3. The number of methoxy groups -OCH3 is 1. The standard InChI is InChI=1S/C20H14N2O3/c1-25-20-11-8-15(18-4-2-3-5-19(18)20)12-16(13-21)14-6-9-17(10-7-14)22(23)24/h2-12H,1H3/b16-12+. The summed E-state index contributed by atoms with van der Waals surface area (Å²) >= 11 is 0. The van der Waals surface area contributed by atoms with Crippen LogP contribution < -0.4 is 4.74 Å². The van der Waals surface area contributed by atoms with Gasteiger partial charge in [0.25, 0.3) is 5.69 Å². The van der Waals surface area contributed by atoms with Gasteiger partial charge in [0.15, 0.2) is 0 Å². The lowest BCUT2D eigenvalue weighted by Crippen LogP contribution is -1.89. The number of non-ortho nitro benzene ring substituents is 1. The van der Waals surface area contributed by atoms with Gasteiger partial charge < -0.3 is 4.74 Å². The summed E-state index contributed by atoms with van der Waals surface area (Å²) in [5, 5.41) is 22.2. The molecule has 0 aliphatic rings. The third kappa shape index (κ3) is 3.19. The van der Waals surface area contributed by atoms with Gasteiger partial charge in [0.2, 0.25) is 0 Å². The number of nitro benzene ring substituents is 1. The molecule has 0 aliphatic carbocycles. The van der Waals surface area contributed by atoms with Crippen LogP contribution in [0.25, 0.3) is 22.4 Å². The van der Waals surface area contributed by atoms with Crippen LogP contribution in [0.15, 0.2) is 60.7 Å². The molecule has 122 valence electrons. The number of hydrogen-bond donors (Lipinski definition) is 0. The van der Waals surface area contributed by atoms with E-state index < -0.39 is 4.92 Å². The zero-order chi connectivity index (χ0) is 17.8. The fourth-order valence-corrected chi connectivity index (χ4v) is 2.70. The molecule has 3 aromatic rings. The summed E-state index contributed by atoms with van der Waals surface area (Å²) in [6, 6.07) is 19.7. The second-order valence-electron chi connectivity index (χ2n) is 5.38. The Bertz CT molecular complexity index is 1020. The van der Waals surface area contributed by atoms with Crippen molar-refractivity contribution in [1.29, 1.82) is 5.26 Å². The largest absolute Gasteiger partial charge is 0.496 e. The van der Waals surface area contributed by atoms with Crippen molar-refractivity contribution in [2.75, 3.05) is 7.11 Å². The topological polar surface area (TPSA) is 76.2 Å². The van der Waals surface area contributed by atoms with Crippen LogP contribution in [0, 0.1) is 21.4 Å². The molecule has 0 heterocycles. The molecule has 25 heavy (non-hydrogen) atoms. The quantitative estimate of drug-likeness (QED) is 0.297.